The molecule has 1 heterocycles. The van der Waals surface area contributed by atoms with Crippen molar-refractivity contribution >= 4 is 21.8 Å². The van der Waals surface area contributed by atoms with E-state index in [1.54, 1.807) is 0 Å². The van der Waals surface area contributed by atoms with Gasteiger partial charge in [-0.25, -0.2) is 0 Å². The minimum atomic E-state index is -0.396. The van der Waals surface area contributed by atoms with Gasteiger partial charge in [-0.1, -0.05) is 46.3 Å². The highest BCUT2D eigenvalue weighted by Gasteiger charge is 2.28. The van der Waals surface area contributed by atoms with Gasteiger partial charge in [0.2, 0.25) is 0 Å². The van der Waals surface area contributed by atoms with E-state index in [-0.39, 0.29) is 5.91 Å². The molecule has 1 aliphatic rings. The number of hydrogen-bond acceptors (Lipinski definition) is 2. The van der Waals surface area contributed by atoms with Gasteiger partial charge in [-0.05, 0) is 35.7 Å². The van der Waals surface area contributed by atoms with E-state index in [1.165, 1.54) is 5.56 Å². The molecule has 0 radical (unpaired) electrons. The van der Waals surface area contributed by atoms with Crippen LogP contribution in [0, 0.1) is 0 Å². The zero-order valence-corrected chi connectivity index (χ0v) is 13.1. The SMILES string of the molecule is O=C(NCCc1ccc(Br)cc1)C1Cc2ccccc2O1. The molecule has 0 fully saturated rings. The summed E-state index contributed by atoms with van der Waals surface area (Å²) in [6.45, 7) is 0.622. The van der Waals surface area contributed by atoms with E-state index in [0.717, 1.165) is 22.2 Å². The number of benzene rings is 2. The van der Waals surface area contributed by atoms with E-state index < -0.39 is 6.10 Å². The van der Waals surface area contributed by atoms with Gasteiger partial charge in [-0.15, -0.1) is 0 Å². The molecule has 21 heavy (non-hydrogen) atoms. The molecule has 0 aromatic heterocycles. The summed E-state index contributed by atoms with van der Waals surface area (Å²) in [5, 5.41) is 2.95. The Morgan fingerprint density at radius 1 is 1.19 bits per heavy atom. The predicted octanol–water partition coefficient (Wildman–Crippen LogP) is 3.11. The largest absolute Gasteiger partial charge is 0.480 e. The zero-order valence-electron chi connectivity index (χ0n) is 11.5. The van der Waals surface area contributed by atoms with Crippen LogP contribution in [0.5, 0.6) is 5.75 Å². The molecule has 108 valence electrons. The number of amides is 1. The minimum Gasteiger partial charge on any atom is -0.480 e. The predicted molar refractivity (Wildman–Crippen MR) is 85.4 cm³/mol. The maximum atomic E-state index is 12.1. The summed E-state index contributed by atoms with van der Waals surface area (Å²) in [7, 11) is 0. The van der Waals surface area contributed by atoms with Crippen LogP contribution in [0.4, 0.5) is 0 Å². The Kier molecular flexibility index (Phi) is 4.25. The van der Waals surface area contributed by atoms with Gasteiger partial charge < -0.3 is 10.1 Å². The summed E-state index contributed by atoms with van der Waals surface area (Å²) in [6.07, 6.45) is 1.08. The Hall–Kier alpha value is -1.81. The Balaban J connectivity index is 1.48. The van der Waals surface area contributed by atoms with Crippen LogP contribution in [0.1, 0.15) is 11.1 Å². The molecule has 0 saturated carbocycles. The maximum absolute atomic E-state index is 12.1. The monoisotopic (exact) mass is 345 g/mol. The quantitative estimate of drug-likeness (QED) is 0.924. The number of para-hydroxylation sites is 1. The highest BCUT2D eigenvalue weighted by molar-refractivity contribution is 9.10. The average Bonchev–Trinajstić information content (AvgIpc) is 2.93. The highest BCUT2D eigenvalue weighted by atomic mass is 79.9. The number of fused-ring (bicyclic) bond motifs is 1. The topological polar surface area (TPSA) is 38.3 Å². The maximum Gasteiger partial charge on any atom is 0.261 e. The molecular weight excluding hydrogens is 330 g/mol. The Morgan fingerprint density at radius 2 is 1.95 bits per heavy atom. The zero-order chi connectivity index (χ0) is 14.7. The van der Waals surface area contributed by atoms with Gasteiger partial charge in [-0.3, -0.25) is 4.79 Å². The van der Waals surface area contributed by atoms with E-state index in [1.807, 2.05) is 36.4 Å². The van der Waals surface area contributed by atoms with Gasteiger partial charge in [-0.2, -0.15) is 0 Å². The van der Waals surface area contributed by atoms with E-state index >= 15 is 0 Å². The fourth-order valence-electron chi connectivity index (χ4n) is 2.42. The molecular formula is C17H16BrNO2. The number of hydrogen-bond donors (Lipinski definition) is 1. The van der Waals surface area contributed by atoms with Gasteiger partial charge >= 0.3 is 0 Å². The number of carbonyl (C=O) groups excluding carboxylic acids is 1. The Labute approximate surface area is 132 Å². The van der Waals surface area contributed by atoms with Crippen molar-refractivity contribution in [1.82, 2.24) is 5.32 Å². The lowest BCUT2D eigenvalue weighted by Crippen LogP contribution is -2.38. The van der Waals surface area contributed by atoms with Crippen LogP contribution >= 0.6 is 15.9 Å². The second-order valence-electron chi connectivity index (χ2n) is 5.09. The summed E-state index contributed by atoms with van der Waals surface area (Å²) in [6, 6.07) is 15.9. The number of nitrogens with one attached hydrogen (secondary N) is 1. The van der Waals surface area contributed by atoms with E-state index in [4.69, 9.17) is 4.74 Å². The van der Waals surface area contributed by atoms with Crippen LogP contribution in [0.15, 0.2) is 53.0 Å². The fourth-order valence-corrected chi connectivity index (χ4v) is 2.69. The first kappa shape index (κ1) is 14.1. The fraction of sp³-hybridized carbons (Fsp3) is 0.235. The second-order valence-corrected chi connectivity index (χ2v) is 6.00. The Morgan fingerprint density at radius 3 is 2.71 bits per heavy atom. The molecule has 1 atom stereocenters. The van der Waals surface area contributed by atoms with Crippen LogP contribution < -0.4 is 10.1 Å². The number of rotatable bonds is 4. The van der Waals surface area contributed by atoms with Crippen LogP contribution in [-0.4, -0.2) is 18.6 Å². The van der Waals surface area contributed by atoms with E-state index in [0.29, 0.717) is 13.0 Å². The summed E-state index contributed by atoms with van der Waals surface area (Å²) < 4.78 is 6.73. The van der Waals surface area contributed by atoms with Crippen molar-refractivity contribution in [2.45, 2.75) is 18.9 Å². The van der Waals surface area contributed by atoms with Gasteiger partial charge in [0.15, 0.2) is 6.10 Å². The number of halogens is 1. The van der Waals surface area contributed by atoms with E-state index in [9.17, 15) is 4.79 Å². The lowest BCUT2D eigenvalue weighted by atomic mass is 10.1. The van der Waals surface area contributed by atoms with Crippen LogP contribution in [0.25, 0.3) is 0 Å². The molecule has 0 bridgehead atoms. The van der Waals surface area contributed by atoms with Crippen molar-refractivity contribution in [3.05, 3.63) is 64.1 Å². The molecule has 0 spiro atoms. The molecule has 1 unspecified atom stereocenters. The first-order chi connectivity index (χ1) is 10.2. The lowest BCUT2D eigenvalue weighted by Gasteiger charge is -2.11. The third kappa shape index (κ3) is 3.45. The van der Waals surface area contributed by atoms with Crippen molar-refractivity contribution in [1.29, 1.82) is 0 Å². The third-order valence-electron chi connectivity index (χ3n) is 3.57. The number of carbonyl (C=O) groups is 1. The van der Waals surface area contributed by atoms with Gasteiger partial charge in [0, 0.05) is 17.4 Å². The smallest absolute Gasteiger partial charge is 0.261 e. The lowest BCUT2D eigenvalue weighted by molar-refractivity contribution is -0.127. The Bertz CT molecular complexity index is 614. The van der Waals surface area contributed by atoms with Crippen molar-refractivity contribution in [3.63, 3.8) is 0 Å². The molecule has 2 aromatic rings. The summed E-state index contributed by atoms with van der Waals surface area (Å²) >= 11 is 3.41. The molecule has 2 aromatic carbocycles. The van der Waals surface area contributed by atoms with Crippen molar-refractivity contribution in [2.24, 2.45) is 0 Å². The molecule has 3 rings (SSSR count). The number of ether oxygens (including phenoxy) is 1. The molecule has 4 heteroatoms. The molecule has 1 amide bonds. The standard InChI is InChI=1S/C17H16BrNO2/c18-14-7-5-12(6-8-14)9-10-19-17(20)16-11-13-3-1-2-4-15(13)21-16/h1-8,16H,9-11H2,(H,19,20). The molecule has 1 N–H and O–H groups in total. The third-order valence-corrected chi connectivity index (χ3v) is 4.09. The van der Waals surface area contributed by atoms with Gasteiger partial charge in [0.25, 0.3) is 5.91 Å². The second kappa shape index (κ2) is 6.31. The minimum absolute atomic E-state index is 0.0386. The van der Waals surface area contributed by atoms with Crippen LogP contribution in [0.2, 0.25) is 0 Å². The van der Waals surface area contributed by atoms with Crippen LogP contribution in [-0.2, 0) is 17.6 Å². The van der Waals surface area contributed by atoms with Gasteiger partial charge in [0.1, 0.15) is 5.75 Å². The molecule has 0 saturated heterocycles. The molecule has 3 nitrogen and oxygen atoms in total. The normalized spacial score (nSPS) is 16.1. The summed E-state index contributed by atoms with van der Waals surface area (Å²) in [5.41, 5.74) is 2.31. The average molecular weight is 346 g/mol. The van der Waals surface area contributed by atoms with Crippen LogP contribution in [0.3, 0.4) is 0 Å². The van der Waals surface area contributed by atoms with Gasteiger partial charge in [0.05, 0.1) is 0 Å². The summed E-state index contributed by atoms with van der Waals surface area (Å²) in [4.78, 5) is 12.1. The van der Waals surface area contributed by atoms with Crippen molar-refractivity contribution in [2.75, 3.05) is 6.54 Å². The summed E-state index contributed by atoms with van der Waals surface area (Å²) in [5.74, 6) is 0.786. The molecule has 1 aliphatic heterocycles. The molecule has 0 aliphatic carbocycles. The highest BCUT2D eigenvalue weighted by Crippen LogP contribution is 2.28. The van der Waals surface area contributed by atoms with Crippen molar-refractivity contribution < 1.29 is 9.53 Å². The van der Waals surface area contributed by atoms with Crippen molar-refractivity contribution in [3.8, 4) is 5.75 Å². The first-order valence-electron chi connectivity index (χ1n) is 6.99. The first-order valence-corrected chi connectivity index (χ1v) is 7.78. The van der Waals surface area contributed by atoms with E-state index in [2.05, 4.69) is 33.4 Å².